The highest BCUT2D eigenvalue weighted by Crippen LogP contribution is 2.36. The molecule has 1 heterocycles. The van der Waals surface area contributed by atoms with Crippen molar-refractivity contribution < 1.29 is 8.81 Å². The lowest BCUT2D eigenvalue weighted by molar-refractivity contribution is 0.443. The van der Waals surface area contributed by atoms with Gasteiger partial charge in [0, 0.05) is 16.5 Å². The molecule has 136 valence electrons. The van der Waals surface area contributed by atoms with Crippen molar-refractivity contribution >= 4 is 33.3 Å². The maximum absolute atomic E-state index is 14.1. The van der Waals surface area contributed by atoms with Crippen LogP contribution in [0, 0.1) is 5.82 Å². The molecule has 0 atom stereocenters. The summed E-state index contributed by atoms with van der Waals surface area (Å²) >= 11 is 0. The minimum absolute atomic E-state index is 0.314. The molecule has 1 saturated carbocycles. The Morgan fingerprint density at radius 1 is 0.778 bits per heavy atom. The molecule has 27 heavy (non-hydrogen) atoms. The highest BCUT2D eigenvalue weighted by Gasteiger charge is 2.16. The first-order chi connectivity index (χ1) is 13.3. The summed E-state index contributed by atoms with van der Waals surface area (Å²) in [6.07, 6.45) is 6.66. The summed E-state index contributed by atoms with van der Waals surface area (Å²) in [6, 6.07) is 19.7. The zero-order valence-electron chi connectivity index (χ0n) is 15.2. The summed E-state index contributed by atoms with van der Waals surface area (Å²) in [5.41, 5.74) is 4.31. The smallest absolute Gasteiger partial charge is 0.171 e. The highest BCUT2D eigenvalue weighted by atomic mass is 19.1. The second-order valence-electron chi connectivity index (χ2n) is 7.48. The van der Waals surface area contributed by atoms with Gasteiger partial charge >= 0.3 is 0 Å². The van der Waals surface area contributed by atoms with Crippen LogP contribution in [0.15, 0.2) is 65.1 Å². The standard InChI is InChI=1S/C24H22FNO/c25-21-10-4-8-19-20-9-5-11-22(24(20)27-23(19)21)26-18-14-12-17(13-15-18)16-6-2-1-3-7-16/h4-5,8-16,26H,1-3,6-7H2. The van der Waals surface area contributed by atoms with Crippen molar-refractivity contribution in [3.63, 3.8) is 0 Å². The van der Waals surface area contributed by atoms with E-state index in [4.69, 9.17) is 4.42 Å². The average Bonchev–Trinajstić information content (AvgIpc) is 3.11. The molecule has 0 radical (unpaired) electrons. The maximum Gasteiger partial charge on any atom is 0.171 e. The topological polar surface area (TPSA) is 25.2 Å². The number of hydrogen-bond donors (Lipinski definition) is 1. The van der Waals surface area contributed by atoms with Crippen LogP contribution in [0.2, 0.25) is 0 Å². The number of fused-ring (bicyclic) bond motifs is 3. The Bertz CT molecular complexity index is 1090. The molecule has 3 aromatic carbocycles. The largest absolute Gasteiger partial charge is 0.451 e. The van der Waals surface area contributed by atoms with Gasteiger partial charge < -0.3 is 9.73 Å². The lowest BCUT2D eigenvalue weighted by atomic mass is 9.84. The van der Waals surface area contributed by atoms with Crippen LogP contribution in [0.25, 0.3) is 21.9 Å². The Hall–Kier alpha value is -2.81. The summed E-state index contributed by atoms with van der Waals surface area (Å²) in [5, 5.41) is 5.17. The molecule has 4 aromatic rings. The van der Waals surface area contributed by atoms with E-state index < -0.39 is 0 Å². The third-order valence-corrected chi connectivity index (χ3v) is 5.74. The van der Waals surface area contributed by atoms with E-state index in [9.17, 15) is 4.39 Å². The normalized spacial score (nSPS) is 15.4. The number of nitrogens with one attached hydrogen (secondary N) is 1. The van der Waals surface area contributed by atoms with Crippen LogP contribution < -0.4 is 5.32 Å². The summed E-state index contributed by atoms with van der Waals surface area (Å²) in [6.45, 7) is 0. The quantitative estimate of drug-likeness (QED) is 0.409. The van der Waals surface area contributed by atoms with Gasteiger partial charge in [0.1, 0.15) is 0 Å². The van der Waals surface area contributed by atoms with Gasteiger partial charge in [0.2, 0.25) is 0 Å². The Labute approximate surface area is 158 Å². The fourth-order valence-corrected chi connectivity index (χ4v) is 4.31. The zero-order chi connectivity index (χ0) is 18.2. The van der Waals surface area contributed by atoms with E-state index in [1.54, 1.807) is 6.07 Å². The van der Waals surface area contributed by atoms with Crippen molar-refractivity contribution in [1.29, 1.82) is 0 Å². The molecule has 1 aliphatic rings. The van der Waals surface area contributed by atoms with Gasteiger partial charge in [-0.25, -0.2) is 4.39 Å². The number of furan rings is 1. The number of anilines is 2. The molecule has 0 amide bonds. The fraction of sp³-hybridized carbons (Fsp3) is 0.250. The summed E-state index contributed by atoms with van der Waals surface area (Å²) < 4.78 is 20.0. The molecule has 1 aliphatic carbocycles. The molecule has 0 saturated heterocycles. The van der Waals surface area contributed by atoms with E-state index in [-0.39, 0.29) is 5.82 Å². The first kappa shape index (κ1) is 16.4. The molecule has 2 nitrogen and oxygen atoms in total. The average molecular weight is 359 g/mol. The molecular formula is C24H22FNO. The van der Waals surface area contributed by atoms with Crippen LogP contribution in [0.4, 0.5) is 15.8 Å². The molecule has 0 spiro atoms. The van der Waals surface area contributed by atoms with Crippen LogP contribution in [0.3, 0.4) is 0 Å². The number of hydrogen-bond acceptors (Lipinski definition) is 2. The third-order valence-electron chi connectivity index (χ3n) is 5.74. The Balaban J connectivity index is 1.47. The molecule has 0 unspecified atom stereocenters. The van der Waals surface area contributed by atoms with E-state index in [0.717, 1.165) is 22.1 Å². The van der Waals surface area contributed by atoms with Crippen LogP contribution in [-0.4, -0.2) is 0 Å². The maximum atomic E-state index is 14.1. The Morgan fingerprint density at radius 3 is 2.26 bits per heavy atom. The predicted molar refractivity (Wildman–Crippen MR) is 109 cm³/mol. The van der Waals surface area contributed by atoms with Crippen LogP contribution in [0.5, 0.6) is 0 Å². The number of rotatable bonds is 3. The minimum atomic E-state index is -0.327. The SMILES string of the molecule is Fc1cccc2c1oc1c(Nc3ccc(C4CCCCC4)cc3)cccc12. The predicted octanol–water partition coefficient (Wildman–Crippen LogP) is 7.52. The van der Waals surface area contributed by atoms with Crippen molar-refractivity contribution in [3.8, 4) is 0 Å². The van der Waals surface area contributed by atoms with E-state index in [1.807, 2.05) is 24.3 Å². The van der Waals surface area contributed by atoms with Gasteiger partial charge in [0.25, 0.3) is 0 Å². The van der Waals surface area contributed by atoms with E-state index in [1.165, 1.54) is 43.7 Å². The lowest BCUT2D eigenvalue weighted by Gasteiger charge is -2.22. The summed E-state index contributed by atoms with van der Waals surface area (Å²) in [4.78, 5) is 0. The van der Waals surface area contributed by atoms with Gasteiger partial charge in [-0.3, -0.25) is 0 Å². The minimum Gasteiger partial charge on any atom is -0.451 e. The van der Waals surface area contributed by atoms with Gasteiger partial charge in [-0.15, -0.1) is 0 Å². The highest BCUT2D eigenvalue weighted by molar-refractivity contribution is 6.09. The van der Waals surface area contributed by atoms with Crippen molar-refractivity contribution in [2.45, 2.75) is 38.0 Å². The molecule has 1 aromatic heterocycles. The van der Waals surface area contributed by atoms with E-state index in [2.05, 4.69) is 29.6 Å². The number of halogens is 1. The second kappa shape index (κ2) is 6.73. The molecular weight excluding hydrogens is 337 g/mol. The lowest BCUT2D eigenvalue weighted by Crippen LogP contribution is -2.04. The van der Waals surface area contributed by atoms with Gasteiger partial charge in [-0.1, -0.05) is 55.7 Å². The van der Waals surface area contributed by atoms with Gasteiger partial charge in [-0.2, -0.15) is 0 Å². The molecule has 5 rings (SSSR count). The molecule has 1 N–H and O–H groups in total. The van der Waals surface area contributed by atoms with Crippen molar-refractivity contribution in [2.24, 2.45) is 0 Å². The third kappa shape index (κ3) is 2.97. The summed E-state index contributed by atoms with van der Waals surface area (Å²) in [7, 11) is 0. The summed E-state index contributed by atoms with van der Waals surface area (Å²) in [5.74, 6) is 0.376. The van der Waals surface area contributed by atoms with Crippen molar-refractivity contribution in [2.75, 3.05) is 5.32 Å². The molecule has 0 bridgehead atoms. The van der Waals surface area contributed by atoms with E-state index in [0.29, 0.717) is 17.1 Å². The first-order valence-corrected chi connectivity index (χ1v) is 9.76. The Morgan fingerprint density at radius 2 is 1.48 bits per heavy atom. The van der Waals surface area contributed by atoms with Gasteiger partial charge in [0.05, 0.1) is 5.69 Å². The van der Waals surface area contributed by atoms with Crippen molar-refractivity contribution in [3.05, 3.63) is 72.0 Å². The van der Waals surface area contributed by atoms with Crippen LogP contribution in [-0.2, 0) is 0 Å². The first-order valence-electron chi connectivity index (χ1n) is 9.76. The number of benzene rings is 3. The van der Waals surface area contributed by atoms with E-state index >= 15 is 0 Å². The zero-order valence-corrected chi connectivity index (χ0v) is 15.2. The monoisotopic (exact) mass is 359 g/mol. The second-order valence-corrected chi connectivity index (χ2v) is 7.48. The molecule has 3 heteroatoms. The van der Waals surface area contributed by atoms with Crippen LogP contribution >= 0.6 is 0 Å². The van der Waals surface area contributed by atoms with Gasteiger partial charge in [-0.05, 0) is 48.6 Å². The fourth-order valence-electron chi connectivity index (χ4n) is 4.31. The molecule has 0 aliphatic heterocycles. The molecule has 1 fully saturated rings. The van der Waals surface area contributed by atoms with Crippen molar-refractivity contribution in [1.82, 2.24) is 0 Å². The Kier molecular flexibility index (Phi) is 4.08. The van der Waals surface area contributed by atoms with Gasteiger partial charge in [0.15, 0.2) is 17.0 Å². The number of para-hydroxylation sites is 2. The van der Waals surface area contributed by atoms with Crippen LogP contribution in [0.1, 0.15) is 43.6 Å².